The Kier molecular flexibility index (Phi) is 5.16. The molecule has 2 aliphatic heterocycles. The summed E-state index contributed by atoms with van der Waals surface area (Å²) < 4.78 is 10.8. The summed E-state index contributed by atoms with van der Waals surface area (Å²) in [4.78, 5) is 46.8. The number of carbonyl (C=O) groups excluding carboxylic acids is 3. The van der Waals surface area contributed by atoms with Gasteiger partial charge in [-0.15, -0.1) is 0 Å². The number of imide groups is 1. The van der Waals surface area contributed by atoms with E-state index in [1.54, 1.807) is 4.90 Å². The number of cyclic esters (lactones) is 1. The van der Waals surface area contributed by atoms with Crippen LogP contribution in [-0.4, -0.2) is 53.2 Å². The van der Waals surface area contributed by atoms with Gasteiger partial charge >= 0.3 is 12.1 Å². The summed E-state index contributed by atoms with van der Waals surface area (Å²) in [5.74, 6) is -0.390. The highest BCUT2D eigenvalue weighted by Gasteiger charge is 2.33. The molecule has 0 saturated carbocycles. The standard InChI is InChI=1S/C17H18N4O7/c1-9(2)20-7-12(28-17(20)24)8-27-11-3-4-14(21(25)26)10(5-11)6-13-15(22)19-16(23)18-13/h3-6,9,12H,7-8H2,1-2H3,(H2,18,19,22,23)/b13-6+. The van der Waals surface area contributed by atoms with Crippen LogP contribution in [0.5, 0.6) is 5.75 Å². The highest BCUT2D eigenvalue weighted by atomic mass is 16.6. The van der Waals surface area contributed by atoms with Gasteiger partial charge in [-0.3, -0.25) is 20.2 Å². The number of nitro groups is 1. The highest BCUT2D eigenvalue weighted by Crippen LogP contribution is 2.27. The van der Waals surface area contributed by atoms with E-state index in [2.05, 4.69) is 5.32 Å². The lowest BCUT2D eigenvalue weighted by atomic mass is 10.1. The van der Waals surface area contributed by atoms with Crippen LogP contribution in [-0.2, 0) is 9.53 Å². The Morgan fingerprint density at radius 1 is 1.36 bits per heavy atom. The summed E-state index contributed by atoms with van der Waals surface area (Å²) in [6.07, 6.45) is 0.314. The van der Waals surface area contributed by atoms with Gasteiger partial charge < -0.3 is 19.7 Å². The van der Waals surface area contributed by atoms with Crippen molar-refractivity contribution in [1.82, 2.24) is 15.5 Å². The van der Waals surface area contributed by atoms with Crippen LogP contribution in [0.1, 0.15) is 19.4 Å². The summed E-state index contributed by atoms with van der Waals surface area (Å²) in [7, 11) is 0. The molecule has 0 spiro atoms. The van der Waals surface area contributed by atoms with Crippen molar-refractivity contribution in [2.45, 2.75) is 26.0 Å². The second-order valence-corrected chi connectivity index (χ2v) is 6.51. The largest absolute Gasteiger partial charge is 0.490 e. The van der Waals surface area contributed by atoms with Crippen LogP contribution in [0, 0.1) is 10.1 Å². The molecule has 3 rings (SSSR count). The second-order valence-electron chi connectivity index (χ2n) is 6.51. The van der Waals surface area contributed by atoms with Gasteiger partial charge in [-0.25, -0.2) is 9.59 Å². The summed E-state index contributed by atoms with van der Waals surface area (Å²) in [5.41, 5.74) is -0.281. The van der Waals surface area contributed by atoms with Crippen molar-refractivity contribution in [2.75, 3.05) is 13.2 Å². The first-order chi connectivity index (χ1) is 13.2. The van der Waals surface area contributed by atoms with Crippen LogP contribution >= 0.6 is 0 Å². The zero-order valence-electron chi connectivity index (χ0n) is 15.1. The van der Waals surface area contributed by atoms with Crippen LogP contribution in [0.15, 0.2) is 23.9 Å². The third kappa shape index (κ3) is 4.03. The minimum absolute atomic E-state index is 0.00266. The lowest BCUT2D eigenvalue weighted by molar-refractivity contribution is -0.385. The van der Waals surface area contributed by atoms with Crippen molar-refractivity contribution >= 4 is 29.8 Å². The van der Waals surface area contributed by atoms with Crippen LogP contribution in [0.3, 0.4) is 0 Å². The van der Waals surface area contributed by atoms with E-state index in [1.807, 2.05) is 19.2 Å². The van der Waals surface area contributed by atoms with Crippen LogP contribution in [0.4, 0.5) is 15.3 Å². The molecule has 2 N–H and O–H groups in total. The average molecular weight is 390 g/mol. The van der Waals surface area contributed by atoms with Crippen molar-refractivity contribution in [1.29, 1.82) is 0 Å². The zero-order valence-corrected chi connectivity index (χ0v) is 15.1. The molecule has 4 amide bonds. The van der Waals surface area contributed by atoms with E-state index in [9.17, 15) is 24.5 Å². The first kappa shape index (κ1) is 19.1. The third-order valence-electron chi connectivity index (χ3n) is 4.18. The molecule has 0 bridgehead atoms. The van der Waals surface area contributed by atoms with E-state index in [-0.39, 0.29) is 29.6 Å². The van der Waals surface area contributed by atoms with Crippen LogP contribution in [0.2, 0.25) is 0 Å². The fourth-order valence-electron chi connectivity index (χ4n) is 2.78. The average Bonchev–Trinajstić information content (AvgIpc) is 3.14. The molecule has 1 unspecified atom stereocenters. The maximum Gasteiger partial charge on any atom is 0.410 e. The molecule has 1 atom stereocenters. The van der Waals surface area contributed by atoms with Crippen molar-refractivity contribution in [3.05, 3.63) is 39.6 Å². The Hall–Kier alpha value is -3.63. The lowest BCUT2D eigenvalue weighted by Gasteiger charge is -2.16. The van der Waals surface area contributed by atoms with Crippen molar-refractivity contribution in [3.63, 3.8) is 0 Å². The topological polar surface area (TPSA) is 140 Å². The SMILES string of the molecule is CC(C)N1CC(COc2ccc([N+](=O)[O-])c(/C=C3/NC(=O)NC3=O)c2)OC1=O. The molecular weight excluding hydrogens is 372 g/mol. The maximum absolute atomic E-state index is 11.8. The zero-order chi connectivity index (χ0) is 20.4. The molecule has 2 fully saturated rings. The van der Waals surface area contributed by atoms with Gasteiger partial charge in [0.05, 0.1) is 17.0 Å². The molecule has 148 valence electrons. The third-order valence-corrected chi connectivity index (χ3v) is 4.18. The predicted molar refractivity (Wildman–Crippen MR) is 95.4 cm³/mol. The number of hydrogen-bond acceptors (Lipinski definition) is 7. The fourth-order valence-corrected chi connectivity index (χ4v) is 2.78. The van der Waals surface area contributed by atoms with Gasteiger partial charge in [-0.1, -0.05) is 0 Å². The van der Waals surface area contributed by atoms with Gasteiger partial charge in [0, 0.05) is 12.1 Å². The smallest absolute Gasteiger partial charge is 0.410 e. The molecular formula is C17H18N4O7. The highest BCUT2D eigenvalue weighted by molar-refractivity contribution is 6.14. The number of carbonyl (C=O) groups is 3. The predicted octanol–water partition coefficient (Wildman–Crippen LogP) is 1.38. The molecule has 11 heteroatoms. The summed E-state index contributed by atoms with van der Waals surface area (Å²) in [6.45, 7) is 4.20. The number of benzene rings is 1. The molecule has 0 aliphatic carbocycles. The van der Waals surface area contributed by atoms with Crippen LogP contribution in [0.25, 0.3) is 6.08 Å². The minimum atomic E-state index is -0.705. The molecule has 0 radical (unpaired) electrons. The molecule has 2 saturated heterocycles. The Labute approximate surface area is 159 Å². The van der Waals surface area contributed by atoms with Gasteiger partial charge in [0.1, 0.15) is 18.1 Å². The quantitative estimate of drug-likeness (QED) is 0.324. The molecule has 0 aromatic heterocycles. The normalized spacial score (nSPS) is 20.4. The van der Waals surface area contributed by atoms with E-state index >= 15 is 0 Å². The molecule has 11 nitrogen and oxygen atoms in total. The van der Waals surface area contributed by atoms with E-state index in [0.717, 1.165) is 0 Å². The van der Waals surface area contributed by atoms with Crippen LogP contribution < -0.4 is 15.4 Å². The molecule has 28 heavy (non-hydrogen) atoms. The minimum Gasteiger partial charge on any atom is -0.490 e. The van der Waals surface area contributed by atoms with E-state index in [0.29, 0.717) is 12.3 Å². The number of nitrogens with one attached hydrogen (secondary N) is 2. The Balaban J connectivity index is 1.75. The van der Waals surface area contributed by atoms with Crippen molar-refractivity contribution in [2.24, 2.45) is 0 Å². The first-order valence-corrected chi connectivity index (χ1v) is 8.47. The number of urea groups is 1. The van der Waals surface area contributed by atoms with Gasteiger partial charge in [0.2, 0.25) is 0 Å². The number of amides is 4. The van der Waals surface area contributed by atoms with Crippen molar-refractivity contribution < 1.29 is 28.8 Å². The summed E-state index contributed by atoms with van der Waals surface area (Å²) in [6, 6.07) is 3.31. The fraction of sp³-hybridized carbons (Fsp3) is 0.353. The summed E-state index contributed by atoms with van der Waals surface area (Å²) >= 11 is 0. The number of nitro benzene ring substituents is 1. The monoisotopic (exact) mass is 390 g/mol. The van der Waals surface area contributed by atoms with Gasteiger partial charge in [0.25, 0.3) is 11.6 Å². The molecule has 2 aliphatic rings. The Morgan fingerprint density at radius 3 is 2.68 bits per heavy atom. The number of ether oxygens (including phenoxy) is 2. The second kappa shape index (κ2) is 7.55. The van der Waals surface area contributed by atoms with Gasteiger partial charge in [-0.2, -0.15) is 0 Å². The first-order valence-electron chi connectivity index (χ1n) is 8.47. The van der Waals surface area contributed by atoms with E-state index in [1.165, 1.54) is 24.3 Å². The van der Waals surface area contributed by atoms with E-state index < -0.39 is 29.1 Å². The van der Waals surface area contributed by atoms with Gasteiger partial charge in [-0.05, 0) is 32.1 Å². The molecule has 1 aromatic carbocycles. The number of hydrogen-bond donors (Lipinski definition) is 2. The van der Waals surface area contributed by atoms with Crippen molar-refractivity contribution in [3.8, 4) is 5.75 Å². The Morgan fingerprint density at radius 2 is 2.11 bits per heavy atom. The molecule has 1 aromatic rings. The summed E-state index contributed by atoms with van der Waals surface area (Å²) in [5, 5.41) is 15.5. The lowest BCUT2D eigenvalue weighted by Crippen LogP contribution is -2.32. The Bertz CT molecular complexity index is 880. The number of rotatable bonds is 6. The van der Waals surface area contributed by atoms with Gasteiger partial charge in [0.15, 0.2) is 6.10 Å². The molecule has 2 heterocycles. The number of nitrogens with zero attached hydrogens (tertiary/aromatic N) is 2. The van der Waals surface area contributed by atoms with E-state index in [4.69, 9.17) is 9.47 Å². The maximum atomic E-state index is 11.8.